The van der Waals surface area contributed by atoms with Crippen molar-refractivity contribution in [2.75, 3.05) is 51.8 Å². The Morgan fingerprint density at radius 1 is 1.13 bits per heavy atom. The molecule has 31 heavy (non-hydrogen) atoms. The number of hydrogen-bond donors (Lipinski definition) is 2. The Hall–Kier alpha value is -2.88. The average Bonchev–Trinajstić information content (AvgIpc) is 2.79. The lowest BCUT2D eigenvalue weighted by Crippen LogP contribution is -2.54. The molecule has 2 fully saturated rings. The molecule has 0 bridgehead atoms. The smallest absolute Gasteiger partial charge is 0.317 e. The van der Waals surface area contributed by atoms with Crippen molar-refractivity contribution < 1.29 is 19.2 Å². The van der Waals surface area contributed by atoms with Crippen LogP contribution in [0.25, 0.3) is 0 Å². The number of hydrogen-bond acceptors (Lipinski definition) is 6. The van der Waals surface area contributed by atoms with Crippen molar-refractivity contribution >= 4 is 23.3 Å². The second kappa shape index (κ2) is 10.9. The molecule has 2 aliphatic rings. The molecule has 1 aliphatic heterocycles. The number of urea groups is 1. The Balaban J connectivity index is 1.56. The standard InChI is InChI=1S/C21H31N5O5/c1-31-14-9-22-18-8-7-16(15-19(18)26(29)30)20(27)24-10-12-25(13-11-24)21(28)23-17-5-3-2-4-6-17/h7-8,15,17,22H,2-6,9-14H2,1H3,(H,23,28). The summed E-state index contributed by atoms with van der Waals surface area (Å²) in [6, 6.07) is 4.62. The fourth-order valence-corrected chi connectivity index (χ4v) is 4.06. The van der Waals surface area contributed by atoms with Crippen LogP contribution in [0.2, 0.25) is 0 Å². The number of nitrogens with one attached hydrogen (secondary N) is 2. The number of carbonyl (C=O) groups excluding carboxylic acids is 2. The normalized spacial score (nSPS) is 17.3. The highest BCUT2D eigenvalue weighted by Gasteiger charge is 2.27. The van der Waals surface area contributed by atoms with Crippen molar-refractivity contribution in [3.05, 3.63) is 33.9 Å². The molecule has 2 N–H and O–H groups in total. The van der Waals surface area contributed by atoms with Crippen molar-refractivity contribution in [3.63, 3.8) is 0 Å². The van der Waals surface area contributed by atoms with Gasteiger partial charge in [0, 0.05) is 57.5 Å². The molecule has 10 nitrogen and oxygen atoms in total. The summed E-state index contributed by atoms with van der Waals surface area (Å²) in [5.41, 5.74) is 0.472. The number of piperazine rings is 1. The predicted molar refractivity (Wildman–Crippen MR) is 116 cm³/mol. The first-order valence-electron chi connectivity index (χ1n) is 10.9. The monoisotopic (exact) mass is 433 g/mol. The number of benzene rings is 1. The van der Waals surface area contributed by atoms with Crippen molar-refractivity contribution in [2.45, 2.75) is 38.1 Å². The van der Waals surface area contributed by atoms with Crippen molar-refractivity contribution in [1.82, 2.24) is 15.1 Å². The molecule has 1 saturated heterocycles. The number of nitrogens with zero attached hydrogens (tertiary/aromatic N) is 3. The van der Waals surface area contributed by atoms with Crippen LogP contribution in [0.3, 0.4) is 0 Å². The fourth-order valence-electron chi connectivity index (χ4n) is 4.06. The van der Waals surface area contributed by atoms with Gasteiger partial charge in [-0.25, -0.2) is 4.79 Å². The quantitative estimate of drug-likeness (QED) is 0.388. The topological polar surface area (TPSA) is 117 Å². The molecular formula is C21H31N5O5. The number of rotatable bonds is 7. The van der Waals surface area contributed by atoms with Crippen molar-refractivity contribution in [2.24, 2.45) is 0 Å². The lowest BCUT2D eigenvalue weighted by molar-refractivity contribution is -0.384. The average molecular weight is 434 g/mol. The van der Waals surface area contributed by atoms with E-state index in [1.165, 1.54) is 12.5 Å². The molecule has 0 unspecified atom stereocenters. The van der Waals surface area contributed by atoms with Gasteiger partial charge < -0.3 is 25.2 Å². The first kappa shape index (κ1) is 22.8. The van der Waals surface area contributed by atoms with E-state index in [4.69, 9.17) is 4.74 Å². The van der Waals surface area contributed by atoms with E-state index >= 15 is 0 Å². The molecule has 0 spiro atoms. The van der Waals surface area contributed by atoms with Crippen LogP contribution in [0.1, 0.15) is 42.5 Å². The summed E-state index contributed by atoms with van der Waals surface area (Å²) < 4.78 is 4.95. The molecule has 1 saturated carbocycles. The van der Waals surface area contributed by atoms with Crippen molar-refractivity contribution in [3.8, 4) is 0 Å². The first-order chi connectivity index (χ1) is 15.0. The van der Waals surface area contributed by atoms with E-state index < -0.39 is 4.92 Å². The van der Waals surface area contributed by atoms with Crippen LogP contribution in [0.5, 0.6) is 0 Å². The van der Waals surface area contributed by atoms with E-state index in [1.807, 2.05) is 0 Å². The molecule has 1 aromatic rings. The Morgan fingerprint density at radius 2 is 1.81 bits per heavy atom. The minimum absolute atomic E-state index is 0.0684. The number of ether oxygens (including phenoxy) is 1. The summed E-state index contributed by atoms with van der Waals surface area (Å²) in [7, 11) is 1.55. The molecule has 170 valence electrons. The van der Waals surface area contributed by atoms with E-state index in [0.717, 1.165) is 25.7 Å². The lowest BCUT2D eigenvalue weighted by Gasteiger charge is -2.36. The summed E-state index contributed by atoms with van der Waals surface area (Å²) in [6.07, 6.45) is 5.59. The summed E-state index contributed by atoms with van der Waals surface area (Å²) >= 11 is 0. The SMILES string of the molecule is COCCNc1ccc(C(=O)N2CCN(C(=O)NC3CCCCC3)CC2)cc1[N+](=O)[O-]. The Morgan fingerprint density at radius 3 is 2.45 bits per heavy atom. The zero-order chi connectivity index (χ0) is 22.2. The maximum absolute atomic E-state index is 12.9. The van der Waals surface area contributed by atoms with Crippen LogP contribution in [-0.4, -0.2) is 79.1 Å². The van der Waals surface area contributed by atoms with Gasteiger partial charge in [0.15, 0.2) is 0 Å². The Labute approximate surface area is 182 Å². The van der Waals surface area contributed by atoms with Crippen LogP contribution in [0.4, 0.5) is 16.2 Å². The third-order valence-corrected chi connectivity index (χ3v) is 5.85. The van der Waals surface area contributed by atoms with Gasteiger partial charge in [0.1, 0.15) is 5.69 Å². The zero-order valence-electron chi connectivity index (χ0n) is 18.0. The van der Waals surface area contributed by atoms with Crippen LogP contribution in [0.15, 0.2) is 18.2 Å². The highest BCUT2D eigenvalue weighted by molar-refractivity contribution is 5.96. The van der Waals surface area contributed by atoms with E-state index in [2.05, 4.69) is 10.6 Å². The van der Waals surface area contributed by atoms with Gasteiger partial charge in [0.05, 0.1) is 11.5 Å². The third kappa shape index (κ3) is 6.06. The number of amides is 3. The maximum atomic E-state index is 12.9. The van der Waals surface area contributed by atoms with E-state index in [9.17, 15) is 19.7 Å². The molecule has 0 atom stereocenters. The molecule has 0 aromatic heterocycles. The van der Waals surface area contributed by atoms with Crippen molar-refractivity contribution in [1.29, 1.82) is 0 Å². The minimum atomic E-state index is -0.501. The molecule has 3 rings (SSSR count). The van der Waals surface area contributed by atoms with E-state index in [-0.39, 0.29) is 29.2 Å². The predicted octanol–water partition coefficient (Wildman–Crippen LogP) is 2.45. The third-order valence-electron chi connectivity index (χ3n) is 5.85. The highest BCUT2D eigenvalue weighted by atomic mass is 16.6. The molecule has 1 aromatic carbocycles. The Bertz CT molecular complexity index is 788. The Kier molecular flexibility index (Phi) is 8.05. The number of methoxy groups -OCH3 is 1. The molecular weight excluding hydrogens is 402 g/mol. The molecule has 1 heterocycles. The van der Waals surface area contributed by atoms with Crippen LogP contribution in [-0.2, 0) is 4.74 Å². The summed E-state index contributed by atoms with van der Waals surface area (Å²) in [6.45, 7) is 2.54. The molecule has 3 amide bonds. The van der Waals surface area contributed by atoms with Gasteiger partial charge in [0.2, 0.25) is 0 Å². The number of nitro groups is 1. The van der Waals surface area contributed by atoms with Gasteiger partial charge in [-0.2, -0.15) is 0 Å². The van der Waals surface area contributed by atoms with Crippen LogP contribution in [0, 0.1) is 10.1 Å². The van der Waals surface area contributed by atoms with Gasteiger partial charge in [-0.05, 0) is 25.0 Å². The number of anilines is 1. The number of carbonyl (C=O) groups is 2. The van der Waals surface area contributed by atoms with Gasteiger partial charge in [-0.3, -0.25) is 14.9 Å². The minimum Gasteiger partial charge on any atom is -0.383 e. The van der Waals surface area contributed by atoms with Gasteiger partial charge in [-0.1, -0.05) is 19.3 Å². The lowest BCUT2D eigenvalue weighted by atomic mass is 9.96. The molecule has 10 heteroatoms. The van der Waals surface area contributed by atoms with Crippen LogP contribution >= 0.6 is 0 Å². The first-order valence-corrected chi connectivity index (χ1v) is 10.9. The largest absolute Gasteiger partial charge is 0.383 e. The van der Waals surface area contributed by atoms with Gasteiger partial charge in [-0.15, -0.1) is 0 Å². The molecule has 1 aliphatic carbocycles. The molecule has 0 radical (unpaired) electrons. The fraction of sp³-hybridized carbons (Fsp3) is 0.619. The zero-order valence-corrected chi connectivity index (χ0v) is 18.0. The van der Waals surface area contributed by atoms with E-state index in [1.54, 1.807) is 29.0 Å². The number of nitro benzene ring substituents is 1. The summed E-state index contributed by atoms with van der Waals surface area (Å²) in [4.78, 5) is 39.7. The van der Waals surface area contributed by atoms with Gasteiger partial charge in [0.25, 0.3) is 11.6 Å². The van der Waals surface area contributed by atoms with Crippen LogP contribution < -0.4 is 10.6 Å². The van der Waals surface area contributed by atoms with Gasteiger partial charge >= 0.3 is 6.03 Å². The summed E-state index contributed by atoms with van der Waals surface area (Å²) in [5, 5.41) is 17.5. The second-order valence-corrected chi connectivity index (χ2v) is 7.97. The van der Waals surface area contributed by atoms with E-state index in [0.29, 0.717) is 45.0 Å². The second-order valence-electron chi connectivity index (χ2n) is 7.97. The highest BCUT2D eigenvalue weighted by Crippen LogP contribution is 2.26. The maximum Gasteiger partial charge on any atom is 0.317 e. The summed E-state index contributed by atoms with van der Waals surface area (Å²) in [5.74, 6) is -0.265.